The normalized spacial score (nSPS) is 9.94. The Morgan fingerprint density at radius 3 is 1.83 bits per heavy atom. The molecule has 18 heavy (non-hydrogen) atoms. The topological polar surface area (TPSA) is 53.5 Å². The molecule has 1 aromatic heterocycles. The molecule has 0 aliphatic heterocycles. The zero-order valence-electron chi connectivity index (χ0n) is 10.5. The number of methoxy groups -OCH3 is 3. The van der Waals surface area contributed by atoms with E-state index in [1.165, 1.54) is 0 Å². The molecule has 5 heteroatoms. The second kappa shape index (κ2) is 5.35. The molecule has 0 bridgehead atoms. The summed E-state index contributed by atoms with van der Waals surface area (Å²) in [6.07, 6.45) is 3.21. The van der Waals surface area contributed by atoms with Crippen LogP contribution in [-0.4, -0.2) is 31.3 Å². The molecule has 5 nitrogen and oxygen atoms in total. The largest absolute Gasteiger partial charge is 0.496 e. The number of benzene rings is 1. The molecule has 0 saturated carbocycles. The summed E-state index contributed by atoms with van der Waals surface area (Å²) in [7, 11) is 4.77. The van der Waals surface area contributed by atoms with Crippen molar-refractivity contribution >= 4 is 0 Å². The van der Waals surface area contributed by atoms with E-state index < -0.39 is 0 Å². The summed E-state index contributed by atoms with van der Waals surface area (Å²) in [4.78, 5) is 8.48. The Bertz CT molecular complexity index is 504. The lowest BCUT2D eigenvalue weighted by molar-refractivity contribution is 0.396. The van der Waals surface area contributed by atoms with Crippen molar-refractivity contribution < 1.29 is 14.2 Å². The summed E-state index contributed by atoms with van der Waals surface area (Å²) >= 11 is 0. The van der Waals surface area contributed by atoms with Crippen molar-refractivity contribution in [2.75, 3.05) is 21.3 Å². The van der Waals surface area contributed by atoms with Gasteiger partial charge in [-0.05, 0) is 12.1 Å². The van der Waals surface area contributed by atoms with Crippen molar-refractivity contribution in [1.82, 2.24) is 9.97 Å². The summed E-state index contributed by atoms with van der Waals surface area (Å²) in [5.74, 6) is 2.47. The molecule has 0 saturated heterocycles. The van der Waals surface area contributed by atoms with Crippen molar-refractivity contribution in [3.63, 3.8) is 0 Å². The molecule has 0 aliphatic rings. The van der Waals surface area contributed by atoms with E-state index in [0.29, 0.717) is 23.1 Å². The minimum Gasteiger partial charge on any atom is -0.496 e. The van der Waals surface area contributed by atoms with Crippen molar-refractivity contribution in [3.8, 4) is 28.6 Å². The van der Waals surface area contributed by atoms with Gasteiger partial charge in [-0.25, -0.2) is 9.97 Å². The van der Waals surface area contributed by atoms with E-state index in [9.17, 15) is 0 Å². The minimum atomic E-state index is 0.533. The third kappa shape index (κ3) is 2.20. The van der Waals surface area contributed by atoms with Crippen LogP contribution in [0, 0.1) is 0 Å². The highest BCUT2D eigenvalue weighted by Gasteiger charge is 2.14. The maximum absolute atomic E-state index is 5.31. The molecule has 0 radical (unpaired) electrons. The van der Waals surface area contributed by atoms with Crippen LogP contribution in [0.2, 0.25) is 0 Å². The lowest BCUT2D eigenvalue weighted by atomic mass is 10.1. The smallest absolute Gasteiger partial charge is 0.166 e. The average Bonchev–Trinajstić information content (AvgIpc) is 2.46. The third-order valence-electron chi connectivity index (χ3n) is 2.52. The van der Waals surface area contributed by atoms with Crippen LogP contribution in [-0.2, 0) is 0 Å². The van der Waals surface area contributed by atoms with Gasteiger partial charge in [0, 0.05) is 0 Å². The summed E-state index contributed by atoms with van der Waals surface area (Å²) in [5, 5.41) is 0. The quantitative estimate of drug-likeness (QED) is 0.827. The monoisotopic (exact) mass is 246 g/mol. The molecule has 0 N–H and O–H groups in total. The standard InChI is InChI=1S/C13H14N2O3/c1-16-9-7-14-13(15-8-9)12-10(17-2)5-4-6-11(12)18-3/h4-8H,1-3H3. The van der Waals surface area contributed by atoms with E-state index in [0.717, 1.165) is 5.56 Å². The number of ether oxygens (including phenoxy) is 3. The fourth-order valence-corrected chi connectivity index (χ4v) is 1.62. The van der Waals surface area contributed by atoms with E-state index >= 15 is 0 Å². The average molecular weight is 246 g/mol. The molecular weight excluding hydrogens is 232 g/mol. The number of hydrogen-bond acceptors (Lipinski definition) is 5. The maximum atomic E-state index is 5.31. The van der Waals surface area contributed by atoms with Crippen molar-refractivity contribution in [3.05, 3.63) is 30.6 Å². The summed E-state index contributed by atoms with van der Waals surface area (Å²) in [5.41, 5.74) is 0.727. The van der Waals surface area contributed by atoms with Gasteiger partial charge in [0.25, 0.3) is 0 Å². The molecule has 1 aromatic carbocycles. The molecular formula is C13H14N2O3. The third-order valence-corrected chi connectivity index (χ3v) is 2.52. The van der Waals surface area contributed by atoms with E-state index in [2.05, 4.69) is 9.97 Å². The van der Waals surface area contributed by atoms with E-state index in [-0.39, 0.29) is 0 Å². The second-order valence-corrected chi connectivity index (χ2v) is 3.48. The highest BCUT2D eigenvalue weighted by atomic mass is 16.5. The van der Waals surface area contributed by atoms with Crippen LogP contribution in [0.3, 0.4) is 0 Å². The SMILES string of the molecule is COc1cnc(-c2c(OC)cccc2OC)nc1. The lowest BCUT2D eigenvalue weighted by Gasteiger charge is -2.11. The Morgan fingerprint density at radius 1 is 0.833 bits per heavy atom. The Morgan fingerprint density at radius 2 is 1.39 bits per heavy atom. The molecule has 2 aromatic rings. The minimum absolute atomic E-state index is 0.533. The fraction of sp³-hybridized carbons (Fsp3) is 0.231. The van der Waals surface area contributed by atoms with Crippen LogP contribution in [0.4, 0.5) is 0 Å². The predicted octanol–water partition coefficient (Wildman–Crippen LogP) is 2.17. The first-order chi connectivity index (χ1) is 8.80. The van der Waals surface area contributed by atoms with Gasteiger partial charge in [0.15, 0.2) is 11.6 Å². The van der Waals surface area contributed by atoms with Crippen LogP contribution in [0.1, 0.15) is 0 Å². The van der Waals surface area contributed by atoms with Gasteiger partial charge in [0.2, 0.25) is 0 Å². The molecule has 0 aliphatic carbocycles. The highest BCUT2D eigenvalue weighted by Crippen LogP contribution is 2.36. The summed E-state index contributed by atoms with van der Waals surface area (Å²) < 4.78 is 15.6. The zero-order valence-corrected chi connectivity index (χ0v) is 10.5. The van der Waals surface area contributed by atoms with E-state index in [1.54, 1.807) is 33.7 Å². The molecule has 0 spiro atoms. The first-order valence-corrected chi connectivity index (χ1v) is 5.37. The molecule has 0 unspecified atom stereocenters. The molecule has 2 rings (SSSR count). The van der Waals surface area contributed by atoms with Crippen molar-refractivity contribution in [1.29, 1.82) is 0 Å². The molecule has 1 heterocycles. The maximum Gasteiger partial charge on any atom is 0.166 e. The Labute approximate surface area is 105 Å². The fourth-order valence-electron chi connectivity index (χ4n) is 1.62. The summed E-state index contributed by atoms with van der Waals surface area (Å²) in [6, 6.07) is 5.53. The van der Waals surface area contributed by atoms with Crippen LogP contribution >= 0.6 is 0 Å². The van der Waals surface area contributed by atoms with Crippen molar-refractivity contribution in [2.24, 2.45) is 0 Å². The van der Waals surface area contributed by atoms with Crippen LogP contribution in [0.25, 0.3) is 11.4 Å². The number of nitrogens with zero attached hydrogens (tertiary/aromatic N) is 2. The van der Waals surface area contributed by atoms with Gasteiger partial charge < -0.3 is 14.2 Å². The second-order valence-electron chi connectivity index (χ2n) is 3.48. The van der Waals surface area contributed by atoms with Crippen LogP contribution in [0.5, 0.6) is 17.2 Å². The van der Waals surface area contributed by atoms with Crippen LogP contribution in [0.15, 0.2) is 30.6 Å². The van der Waals surface area contributed by atoms with Crippen LogP contribution < -0.4 is 14.2 Å². The molecule has 94 valence electrons. The van der Waals surface area contributed by atoms with Gasteiger partial charge in [-0.15, -0.1) is 0 Å². The summed E-state index contributed by atoms with van der Waals surface area (Å²) in [6.45, 7) is 0. The van der Waals surface area contributed by atoms with Gasteiger partial charge in [0.05, 0.1) is 33.7 Å². The van der Waals surface area contributed by atoms with Gasteiger partial charge in [-0.3, -0.25) is 0 Å². The van der Waals surface area contributed by atoms with Gasteiger partial charge in [-0.2, -0.15) is 0 Å². The molecule has 0 atom stereocenters. The Balaban J connectivity index is 2.53. The van der Waals surface area contributed by atoms with Gasteiger partial charge in [0.1, 0.15) is 17.1 Å². The Kier molecular flexibility index (Phi) is 3.62. The number of hydrogen-bond donors (Lipinski definition) is 0. The van der Waals surface area contributed by atoms with Crippen molar-refractivity contribution in [2.45, 2.75) is 0 Å². The van der Waals surface area contributed by atoms with E-state index in [4.69, 9.17) is 14.2 Å². The number of aromatic nitrogens is 2. The lowest BCUT2D eigenvalue weighted by Crippen LogP contribution is -1.97. The number of rotatable bonds is 4. The first-order valence-electron chi connectivity index (χ1n) is 5.37. The predicted molar refractivity (Wildman–Crippen MR) is 67.1 cm³/mol. The molecule has 0 amide bonds. The molecule has 0 fully saturated rings. The Hall–Kier alpha value is -2.30. The first kappa shape index (κ1) is 12.2. The zero-order chi connectivity index (χ0) is 13.0. The highest BCUT2D eigenvalue weighted by molar-refractivity contribution is 5.71. The van der Waals surface area contributed by atoms with Gasteiger partial charge in [-0.1, -0.05) is 6.07 Å². The van der Waals surface area contributed by atoms with E-state index in [1.807, 2.05) is 18.2 Å². The van der Waals surface area contributed by atoms with Gasteiger partial charge >= 0.3 is 0 Å².